The molecule has 0 saturated heterocycles. The van der Waals surface area contributed by atoms with Crippen LogP contribution in [0.3, 0.4) is 0 Å². The highest BCUT2D eigenvalue weighted by Crippen LogP contribution is 2.30. The van der Waals surface area contributed by atoms with Gasteiger partial charge in [0.2, 0.25) is 11.9 Å². The summed E-state index contributed by atoms with van der Waals surface area (Å²) in [6, 6.07) is 14.9. The van der Waals surface area contributed by atoms with Crippen molar-refractivity contribution in [2.45, 2.75) is 32.8 Å². The van der Waals surface area contributed by atoms with Crippen molar-refractivity contribution in [3.63, 3.8) is 0 Å². The van der Waals surface area contributed by atoms with Gasteiger partial charge in [-0.2, -0.15) is 0 Å². The molecule has 0 fully saturated rings. The van der Waals surface area contributed by atoms with E-state index in [1.54, 1.807) is 29.8 Å². The number of hydrogen-bond donors (Lipinski definition) is 2. The average Bonchev–Trinajstić information content (AvgIpc) is 3.18. The van der Waals surface area contributed by atoms with Gasteiger partial charge in [0.1, 0.15) is 12.4 Å². The molecule has 4 rings (SSSR count). The van der Waals surface area contributed by atoms with E-state index in [2.05, 4.69) is 34.8 Å². The highest BCUT2D eigenvalue weighted by atomic mass is 16.6. The first-order valence-corrected chi connectivity index (χ1v) is 9.95. The van der Waals surface area contributed by atoms with Gasteiger partial charge in [-0.25, -0.2) is 9.67 Å². The lowest BCUT2D eigenvalue weighted by atomic mass is 10.0. The lowest BCUT2D eigenvalue weighted by Crippen LogP contribution is -2.51. The standard InChI is InChI=1S/C22H23N5O4/c1-13(2)15-8-4-5-9-16(15)27-14(3)23-20(26-27)22(29)25-24-21(28)19-12-30-17-10-6-7-11-18(17)31-19/h4-11,13,19H,12H2,1-3H3,(H,24,28)(H,25,29). The lowest BCUT2D eigenvalue weighted by molar-refractivity contribution is -0.131. The third kappa shape index (κ3) is 4.20. The summed E-state index contributed by atoms with van der Waals surface area (Å²) in [5.41, 5.74) is 6.63. The van der Waals surface area contributed by atoms with E-state index in [1.807, 2.05) is 30.3 Å². The van der Waals surface area contributed by atoms with Crippen LogP contribution >= 0.6 is 0 Å². The molecule has 2 heterocycles. The van der Waals surface area contributed by atoms with Crippen LogP contribution in [0.5, 0.6) is 11.5 Å². The van der Waals surface area contributed by atoms with Gasteiger partial charge in [-0.3, -0.25) is 20.4 Å². The minimum absolute atomic E-state index is 0.0384. The summed E-state index contributed by atoms with van der Waals surface area (Å²) in [5, 5.41) is 4.33. The summed E-state index contributed by atoms with van der Waals surface area (Å²) in [6.45, 7) is 5.98. The van der Waals surface area contributed by atoms with Crippen molar-refractivity contribution < 1.29 is 19.1 Å². The molecule has 0 spiro atoms. The number of fused-ring (bicyclic) bond motifs is 1. The number of rotatable bonds is 4. The number of benzene rings is 2. The number of ether oxygens (including phenoxy) is 2. The van der Waals surface area contributed by atoms with Crippen LogP contribution in [0, 0.1) is 6.92 Å². The van der Waals surface area contributed by atoms with Gasteiger partial charge in [0.25, 0.3) is 5.91 Å². The zero-order chi connectivity index (χ0) is 22.0. The zero-order valence-electron chi connectivity index (χ0n) is 17.5. The first-order valence-electron chi connectivity index (χ1n) is 9.95. The van der Waals surface area contributed by atoms with E-state index in [-0.39, 0.29) is 18.3 Å². The first-order chi connectivity index (χ1) is 14.9. The maximum absolute atomic E-state index is 12.5. The molecule has 2 amide bonds. The van der Waals surface area contributed by atoms with Crippen LogP contribution in [0.15, 0.2) is 48.5 Å². The van der Waals surface area contributed by atoms with E-state index in [0.29, 0.717) is 17.3 Å². The summed E-state index contributed by atoms with van der Waals surface area (Å²) in [7, 11) is 0. The molecule has 1 aliphatic rings. The lowest BCUT2D eigenvalue weighted by Gasteiger charge is -2.25. The monoisotopic (exact) mass is 421 g/mol. The van der Waals surface area contributed by atoms with Crippen molar-refractivity contribution in [3.8, 4) is 17.2 Å². The predicted octanol–water partition coefficient (Wildman–Crippen LogP) is 2.30. The second-order valence-electron chi connectivity index (χ2n) is 7.42. The van der Waals surface area contributed by atoms with Crippen LogP contribution in [-0.2, 0) is 4.79 Å². The number of aryl methyl sites for hydroxylation is 1. The third-order valence-corrected chi connectivity index (χ3v) is 4.86. The van der Waals surface area contributed by atoms with Crippen molar-refractivity contribution in [3.05, 3.63) is 65.7 Å². The fourth-order valence-corrected chi connectivity index (χ4v) is 3.29. The van der Waals surface area contributed by atoms with E-state index in [1.165, 1.54) is 0 Å². The molecule has 9 nitrogen and oxygen atoms in total. The molecule has 1 atom stereocenters. The zero-order valence-corrected chi connectivity index (χ0v) is 17.5. The Labute approximate surface area is 179 Å². The number of nitrogens with one attached hydrogen (secondary N) is 2. The molecule has 0 bridgehead atoms. The third-order valence-electron chi connectivity index (χ3n) is 4.86. The highest BCUT2D eigenvalue weighted by Gasteiger charge is 2.28. The minimum atomic E-state index is -0.889. The molecule has 2 N–H and O–H groups in total. The van der Waals surface area contributed by atoms with Crippen molar-refractivity contribution in [2.75, 3.05) is 6.61 Å². The Morgan fingerprint density at radius 2 is 1.77 bits per heavy atom. The molecule has 160 valence electrons. The first kappa shape index (κ1) is 20.4. The summed E-state index contributed by atoms with van der Waals surface area (Å²) >= 11 is 0. The number of amides is 2. The second kappa shape index (κ2) is 8.47. The van der Waals surface area contributed by atoms with E-state index in [0.717, 1.165) is 11.3 Å². The summed E-state index contributed by atoms with van der Waals surface area (Å²) < 4.78 is 12.8. The molecule has 0 aliphatic carbocycles. The van der Waals surface area contributed by atoms with Crippen LogP contribution in [0.1, 0.15) is 41.8 Å². The van der Waals surface area contributed by atoms with Gasteiger partial charge in [0.15, 0.2) is 11.5 Å². The van der Waals surface area contributed by atoms with Crippen LogP contribution < -0.4 is 20.3 Å². The number of para-hydroxylation sites is 3. The summed E-state index contributed by atoms with van der Waals surface area (Å²) in [6.07, 6.45) is -0.889. The van der Waals surface area contributed by atoms with Crippen LogP contribution in [-0.4, -0.2) is 39.3 Å². The Morgan fingerprint density at radius 3 is 2.55 bits per heavy atom. The highest BCUT2D eigenvalue weighted by molar-refractivity contribution is 5.92. The normalized spacial score (nSPS) is 14.9. The van der Waals surface area contributed by atoms with Crippen LogP contribution in [0.2, 0.25) is 0 Å². The number of hydrazine groups is 1. The smallest absolute Gasteiger partial charge is 0.309 e. The fraction of sp³-hybridized carbons (Fsp3) is 0.273. The number of hydrogen-bond acceptors (Lipinski definition) is 6. The van der Waals surface area contributed by atoms with Gasteiger partial charge >= 0.3 is 5.91 Å². The molecule has 9 heteroatoms. The minimum Gasteiger partial charge on any atom is -0.485 e. The number of nitrogens with zero attached hydrogens (tertiary/aromatic N) is 3. The molecule has 0 saturated carbocycles. The van der Waals surface area contributed by atoms with E-state index in [4.69, 9.17) is 9.47 Å². The van der Waals surface area contributed by atoms with Gasteiger partial charge < -0.3 is 9.47 Å². The second-order valence-corrected chi connectivity index (χ2v) is 7.42. The molecule has 0 radical (unpaired) electrons. The van der Waals surface area contributed by atoms with Crippen molar-refractivity contribution in [1.29, 1.82) is 0 Å². The molecule has 2 aromatic carbocycles. The molecule has 1 aromatic heterocycles. The van der Waals surface area contributed by atoms with E-state index >= 15 is 0 Å². The number of carbonyl (C=O) groups is 2. The molecule has 3 aromatic rings. The van der Waals surface area contributed by atoms with Crippen LogP contribution in [0.4, 0.5) is 0 Å². The maximum atomic E-state index is 12.5. The number of carbonyl (C=O) groups excluding carboxylic acids is 2. The van der Waals surface area contributed by atoms with Crippen molar-refractivity contribution in [1.82, 2.24) is 25.6 Å². The quantitative estimate of drug-likeness (QED) is 0.626. The van der Waals surface area contributed by atoms with Gasteiger partial charge in [-0.1, -0.05) is 44.2 Å². The molecule has 1 aliphatic heterocycles. The van der Waals surface area contributed by atoms with Crippen LogP contribution in [0.25, 0.3) is 5.69 Å². The Hall–Kier alpha value is -3.88. The van der Waals surface area contributed by atoms with E-state index < -0.39 is 17.9 Å². The van der Waals surface area contributed by atoms with Gasteiger partial charge in [0, 0.05) is 0 Å². The number of aromatic nitrogens is 3. The Balaban J connectivity index is 1.42. The van der Waals surface area contributed by atoms with Gasteiger partial charge in [-0.15, -0.1) is 5.10 Å². The Bertz CT molecular complexity index is 1120. The fourth-order valence-electron chi connectivity index (χ4n) is 3.29. The largest absolute Gasteiger partial charge is 0.485 e. The maximum Gasteiger partial charge on any atom is 0.309 e. The van der Waals surface area contributed by atoms with Crippen molar-refractivity contribution in [2.24, 2.45) is 0 Å². The predicted molar refractivity (Wildman–Crippen MR) is 112 cm³/mol. The Morgan fingerprint density at radius 1 is 1.06 bits per heavy atom. The molecule has 1 unspecified atom stereocenters. The Kier molecular flexibility index (Phi) is 5.57. The molecule has 31 heavy (non-hydrogen) atoms. The van der Waals surface area contributed by atoms with Gasteiger partial charge in [-0.05, 0) is 36.6 Å². The molecular formula is C22H23N5O4. The molecular weight excluding hydrogens is 398 g/mol. The SMILES string of the molecule is Cc1nc(C(=O)NNC(=O)C2COc3ccccc3O2)nn1-c1ccccc1C(C)C. The topological polar surface area (TPSA) is 107 Å². The summed E-state index contributed by atoms with van der Waals surface area (Å²) in [4.78, 5) is 29.1. The average molecular weight is 421 g/mol. The van der Waals surface area contributed by atoms with E-state index in [9.17, 15) is 9.59 Å². The van der Waals surface area contributed by atoms with Crippen molar-refractivity contribution >= 4 is 11.8 Å². The summed E-state index contributed by atoms with van der Waals surface area (Å²) in [5.74, 6) is 0.660. The van der Waals surface area contributed by atoms with Gasteiger partial charge in [0.05, 0.1) is 5.69 Å².